The van der Waals surface area contributed by atoms with Gasteiger partial charge in [0.05, 0.1) is 6.61 Å². The summed E-state index contributed by atoms with van der Waals surface area (Å²) in [4.78, 5) is 0. The molecule has 17 heavy (non-hydrogen) atoms. The average Bonchev–Trinajstić information content (AvgIpc) is 2.29. The monoisotopic (exact) mass is 240 g/mol. The van der Waals surface area contributed by atoms with Crippen LogP contribution in [0.15, 0.2) is 30.3 Å². The van der Waals surface area contributed by atoms with Gasteiger partial charge in [0, 0.05) is 0 Å². The van der Waals surface area contributed by atoms with E-state index in [0.29, 0.717) is 0 Å². The van der Waals surface area contributed by atoms with Gasteiger partial charge in [0.2, 0.25) is 0 Å². The maximum absolute atomic E-state index is 7.17. The zero-order valence-corrected chi connectivity index (χ0v) is 10.2. The lowest BCUT2D eigenvalue weighted by atomic mass is 10.2. The van der Waals surface area contributed by atoms with E-state index in [1.54, 1.807) is 0 Å². The third kappa shape index (κ3) is 12.9. The van der Waals surface area contributed by atoms with E-state index in [1.165, 1.54) is 25.7 Å². The first-order valence-electron chi connectivity index (χ1n) is 5.89. The summed E-state index contributed by atoms with van der Waals surface area (Å²) in [5.41, 5.74) is 0. The highest BCUT2D eigenvalue weighted by Gasteiger charge is 1.92. The van der Waals surface area contributed by atoms with Crippen LogP contribution in [0.4, 0.5) is 0 Å². The van der Waals surface area contributed by atoms with Gasteiger partial charge in [-0.1, -0.05) is 44.4 Å². The van der Waals surface area contributed by atoms with Gasteiger partial charge in [0.15, 0.2) is 0 Å². The Bertz CT molecular complexity index is 251. The minimum Gasteiger partial charge on any atom is -0.494 e. The van der Waals surface area contributed by atoms with Gasteiger partial charge in [-0.2, -0.15) is 0 Å². The van der Waals surface area contributed by atoms with Gasteiger partial charge in [-0.3, -0.25) is 0 Å². The van der Waals surface area contributed by atoms with E-state index < -0.39 is 7.32 Å². The van der Waals surface area contributed by atoms with Gasteiger partial charge in [0.1, 0.15) is 5.75 Å². The van der Waals surface area contributed by atoms with Crippen molar-refractivity contribution in [1.29, 1.82) is 0 Å². The van der Waals surface area contributed by atoms with E-state index in [4.69, 9.17) is 19.8 Å². The number of rotatable bonds is 6. The van der Waals surface area contributed by atoms with Crippen LogP contribution < -0.4 is 4.74 Å². The molecule has 1 aromatic rings. The zero-order valence-electron chi connectivity index (χ0n) is 10.2. The zero-order chi connectivity index (χ0) is 12.9. The highest BCUT2D eigenvalue weighted by atomic mass is 16.5. The Balaban J connectivity index is 0.000000557. The molecular formula is C12H21BO4. The highest BCUT2D eigenvalue weighted by Crippen LogP contribution is 2.09. The number of benzene rings is 1. The van der Waals surface area contributed by atoms with Crippen LogP contribution in [0.5, 0.6) is 5.75 Å². The molecule has 0 atom stereocenters. The second-order valence-electron chi connectivity index (χ2n) is 3.57. The summed E-state index contributed by atoms with van der Waals surface area (Å²) in [5.74, 6) is 0.985. The molecule has 5 heteroatoms. The standard InChI is InChI=1S/C12H18O.BH3O3/c1-2-3-4-8-11-13-12-9-6-5-7-10-12;2-1(3)4/h5-7,9-10H,2-4,8,11H2,1H3;2-4H. The number of hydrogen-bond donors (Lipinski definition) is 3. The quantitative estimate of drug-likeness (QED) is 0.521. The molecule has 0 saturated heterocycles. The third-order valence-corrected chi connectivity index (χ3v) is 2.01. The Hall–Kier alpha value is -1.04. The predicted octanol–water partition coefficient (Wildman–Crippen LogP) is 1.59. The van der Waals surface area contributed by atoms with Crippen LogP contribution in [-0.4, -0.2) is 29.0 Å². The van der Waals surface area contributed by atoms with Crippen molar-refractivity contribution in [1.82, 2.24) is 0 Å². The molecule has 1 aromatic carbocycles. The lowest BCUT2D eigenvalue weighted by Crippen LogP contribution is -2.07. The van der Waals surface area contributed by atoms with Crippen LogP contribution in [0.3, 0.4) is 0 Å². The summed E-state index contributed by atoms with van der Waals surface area (Å²) in [6.45, 7) is 3.07. The van der Waals surface area contributed by atoms with Crippen molar-refractivity contribution in [3.63, 3.8) is 0 Å². The molecule has 4 nitrogen and oxygen atoms in total. The van der Waals surface area contributed by atoms with Crippen molar-refractivity contribution in [2.45, 2.75) is 32.6 Å². The number of para-hydroxylation sites is 1. The third-order valence-electron chi connectivity index (χ3n) is 2.01. The lowest BCUT2D eigenvalue weighted by Gasteiger charge is -2.04. The maximum Gasteiger partial charge on any atom is 0.631 e. The minimum atomic E-state index is -2.17. The number of ether oxygens (including phenoxy) is 1. The second kappa shape index (κ2) is 11.5. The molecule has 0 unspecified atom stereocenters. The molecule has 0 fully saturated rings. The largest absolute Gasteiger partial charge is 0.631 e. The summed E-state index contributed by atoms with van der Waals surface area (Å²) in [6.07, 6.45) is 5.05. The maximum atomic E-state index is 7.17. The minimum absolute atomic E-state index is 0.851. The topological polar surface area (TPSA) is 69.9 Å². The molecule has 0 spiro atoms. The van der Waals surface area contributed by atoms with Gasteiger partial charge in [0.25, 0.3) is 0 Å². The Morgan fingerprint density at radius 3 is 2.12 bits per heavy atom. The predicted molar refractivity (Wildman–Crippen MR) is 68.5 cm³/mol. The lowest BCUT2D eigenvalue weighted by molar-refractivity contribution is 0.278. The molecule has 0 radical (unpaired) electrons. The van der Waals surface area contributed by atoms with Crippen LogP contribution in [0.1, 0.15) is 32.6 Å². The first kappa shape index (κ1) is 16.0. The van der Waals surface area contributed by atoms with Crippen molar-refractivity contribution in [2.75, 3.05) is 6.61 Å². The van der Waals surface area contributed by atoms with Gasteiger partial charge in [-0.05, 0) is 18.6 Å². The first-order chi connectivity index (χ1) is 8.16. The molecule has 0 aliphatic heterocycles. The molecule has 0 aromatic heterocycles. The summed E-state index contributed by atoms with van der Waals surface area (Å²) in [5, 5.41) is 21.5. The molecule has 0 amide bonds. The molecule has 0 saturated carbocycles. The smallest absolute Gasteiger partial charge is 0.494 e. The summed E-state index contributed by atoms with van der Waals surface area (Å²) in [7, 11) is -2.17. The number of hydrogen-bond acceptors (Lipinski definition) is 4. The fourth-order valence-corrected chi connectivity index (χ4v) is 1.24. The van der Waals surface area contributed by atoms with E-state index in [1.807, 2.05) is 30.3 Å². The van der Waals surface area contributed by atoms with Gasteiger partial charge >= 0.3 is 7.32 Å². The van der Waals surface area contributed by atoms with Crippen molar-refractivity contribution >= 4 is 7.32 Å². The van der Waals surface area contributed by atoms with Crippen LogP contribution in [0, 0.1) is 0 Å². The molecule has 0 aliphatic rings. The first-order valence-corrected chi connectivity index (χ1v) is 5.89. The van der Waals surface area contributed by atoms with Crippen molar-refractivity contribution in [3.05, 3.63) is 30.3 Å². The summed E-state index contributed by atoms with van der Waals surface area (Å²) >= 11 is 0. The van der Waals surface area contributed by atoms with Crippen molar-refractivity contribution in [3.8, 4) is 5.75 Å². The van der Waals surface area contributed by atoms with Crippen molar-refractivity contribution < 1.29 is 19.8 Å². The van der Waals surface area contributed by atoms with E-state index in [-0.39, 0.29) is 0 Å². The molecule has 96 valence electrons. The molecule has 0 bridgehead atoms. The highest BCUT2D eigenvalue weighted by molar-refractivity contribution is 6.30. The Morgan fingerprint density at radius 1 is 1.00 bits per heavy atom. The fraction of sp³-hybridized carbons (Fsp3) is 0.500. The normalized spacial score (nSPS) is 9.18. The van der Waals surface area contributed by atoms with Crippen LogP contribution >= 0.6 is 0 Å². The van der Waals surface area contributed by atoms with Gasteiger partial charge < -0.3 is 19.8 Å². The second-order valence-corrected chi connectivity index (χ2v) is 3.57. The number of unbranched alkanes of at least 4 members (excludes halogenated alkanes) is 3. The molecule has 0 aliphatic carbocycles. The van der Waals surface area contributed by atoms with E-state index in [0.717, 1.165) is 12.4 Å². The van der Waals surface area contributed by atoms with Crippen LogP contribution in [-0.2, 0) is 0 Å². The molecular weight excluding hydrogens is 219 g/mol. The fourth-order valence-electron chi connectivity index (χ4n) is 1.24. The Labute approximate surface area is 103 Å². The van der Waals surface area contributed by atoms with Crippen molar-refractivity contribution in [2.24, 2.45) is 0 Å². The van der Waals surface area contributed by atoms with E-state index >= 15 is 0 Å². The Morgan fingerprint density at radius 2 is 1.59 bits per heavy atom. The Kier molecular flexibility index (Phi) is 10.8. The van der Waals surface area contributed by atoms with Crippen LogP contribution in [0.25, 0.3) is 0 Å². The SMILES string of the molecule is CCCCCCOc1ccccc1.OB(O)O. The molecule has 1 rings (SSSR count). The van der Waals surface area contributed by atoms with Gasteiger partial charge in [-0.15, -0.1) is 0 Å². The molecule has 3 N–H and O–H groups in total. The van der Waals surface area contributed by atoms with Gasteiger partial charge in [-0.25, -0.2) is 0 Å². The van der Waals surface area contributed by atoms with E-state index in [9.17, 15) is 0 Å². The van der Waals surface area contributed by atoms with Crippen LogP contribution in [0.2, 0.25) is 0 Å². The summed E-state index contributed by atoms with van der Waals surface area (Å²) < 4.78 is 5.55. The average molecular weight is 240 g/mol. The summed E-state index contributed by atoms with van der Waals surface area (Å²) in [6, 6.07) is 10.0. The molecule has 0 heterocycles. The van der Waals surface area contributed by atoms with E-state index in [2.05, 4.69) is 6.92 Å².